The summed E-state index contributed by atoms with van der Waals surface area (Å²) in [5.41, 5.74) is 3.15. The van der Waals surface area contributed by atoms with Crippen molar-refractivity contribution in [2.24, 2.45) is 0 Å². The third kappa shape index (κ3) is 5.95. The molecule has 5 nitrogen and oxygen atoms in total. The summed E-state index contributed by atoms with van der Waals surface area (Å²) in [5.74, 6) is 2.51. The molecule has 4 aromatic rings. The zero-order chi connectivity index (χ0) is 23.8. The molecule has 0 N–H and O–H groups in total. The van der Waals surface area contributed by atoms with E-state index < -0.39 is 0 Å². The van der Waals surface area contributed by atoms with Crippen LogP contribution in [0.15, 0.2) is 97.1 Å². The number of hydrogen-bond donors (Lipinski definition) is 0. The predicted octanol–water partition coefficient (Wildman–Crippen LogP) is 6.73. The molecule has 0 amide bonds. The van der Waals surface area contributed by atoms with Crippen molar-refractivity contribution in [3.8, 4) is 23.0 Å². The zero-order valence-corrected chi connectivity index (χ0v) is 19.2. The number of aryl methyl sites for hydroxylation is 1. The normalized spacial score (nSPS) is 10.4. The minimum Gasteiger partial charge on any atom is -0.489 e. The fourth-order valence-electron chi connectivity index (χ4n) is 3.55. The molecular formula is C29H26O5. The van der Waals surface area contributed by atoms with Gasteiger partial charge in [-0.05, 0) is 54.4 Å². The number of carbonyl (C=O) groups is 1. The topological polar surface area (TPSA) is 54.0 Å². The third-order valence-electron chi connectivity index (χ3n) is 5.23. The van der Waals surface area contributed by atoms with Gasteiger partial charge in [0.15, 0.2) is 0 Å². The van der Waals surface area contributed by atoms with Gasteiger partial charge in [0.2, 0.25) is 0 Å². The molecular weight excluding hydrogens is 428 g/mol. The number of methoxy groups -OCH3 is 1. The van der Waals surface area contributed by atoms with Gasteiger partial charge in [0.1, 0.15) is 36.2 Å². The first-order chi connectivity index (χ1) is 16.6. The van der Waals surface area contributed by atoms with E-state index >= 15 is 0 Å². The Labute approximate surface area is 199 Å². The number of carbonyl (C=O) groups excluding carboxylic acids is 1. The van der Waals surface area contributed by atoms with Crippen LogP contribution in [0.4, 0.5) is 0 Å². The molecule has 0 spiro atoms. The van der Waals surface area contributed by atoms with Crippen molar-refractivity contribution in [1.82, 2.24) is 0 Å². The van der Waals surface area contributed by atoms with Crippen LogP contribution >= 0.6 is 0 Å². The molecule has 0 bridgehead atoms. The number of para-hydroxylation sites is 1. The highest BCUT2D eigenvalue weighted by Gasteiger charge is 2.15. The van der Waals surface area contributed by atoms with Crippen LogP contribution < -0.4 is 14.2 Å². The maximum Gasteiger partial charge on any atom is 0.338 e. The second-order valence-corrected chi connectivity index (χ2v) is 7.72. The van der Waals surface area contributed by atoms with Gasteiger partial charge in [-0.1, -0.05) is 54.6 Å². The highest BCUT2D eigenvalue weighted by Crippen LogP contribution is 2.25. The Morgan fingerprint density at radius 1 is 0.676 bits per heavy atom. The quantitative estimate of drug-likeness (QED) is 0.262. The van der Waals surface area contributed by atoms with E-state index in [0.29, 0.717) is 23.7 Å². The standard InChI is InChI=1S/C29H26O5/c1-21-9-6-11-23(28(21)29(30)31-2)20-33-26-15-8-14-25(18-26)32-19-22-10-7-16-27(17-22)34-24-12-4-3-5-13-24/h3-18H,19-20H2,1-2H3. The largest absolute Gasteiger partial charge is 0.489 e. The molecule has 0 fully saturated rings. The van der Waals surface area contributed by atoms with Gasteiger partial charge in [0, 0.05) is 11.6 Å². The molecule has 34 heavy (non-hydrogen) atoms. The third-order valence-corrected chi connectivity index (χ3v) is 5.23. The molecule has 0 atom stereocenters. The van der Waals surface area contributed by atoms with E-state index in [4.69, 9.17) is 18.9 Å². The molecule has 5 heteroatoms. The lowest BCUT2D eigenvalue weighted by atomic mass is 10.0. The van der Waals surface area contributed by atoms with Crippen molar-refractivity contribution in [2.45, 2.75) is 20.1 Å². The summed E-state index contributed by atoms with van der Waals surface area (Å²) in [4.78, 5) is 12.2. The van der Waals surface area contributed by atoms with Gasteiger partial charge in [-0.2, -0.15) is 0 Å². The number of esters is 1. The fourth-order valence-corrected chi connectivity index (χ4v) is 3.55. The summed E-state index contributed by atoms with van der Waals surface area (Å²) in [6.45, 7) is 2.51. The van der Waals surface area contributed by atoms with Crippen molar-refractivity contribution >= 4 is 5.97 Å². The van der Waals surface area contributed by atoms with Crippen LogP contribution in [0.3, 0.4) is 0 Å². The van der Waals surface area contributed by atoms with E-state index in [9.17, 15) is 4.79 Å². The first kappa shape index (κ1) is 22.9. The summed E-state index contributed by atoms with van der Waals surface area (Å²) >= 11 is 0. The van der Waals surface area contributed by atoms with Gasteiger partial charge in [-0.25, -0.2) is 4.79 Å². The molecule has 172 valence electrons. The molecule has 0 aliphatic carbocycles. The molecule has 0 saturated carbocycles. The molecule has 0 saturated heterocycles. The molecule has 0 radical (unpaired) electrons. The van der Waals surface area contributed by atoms with Crippen molar-refractivity contribution in [2.75, 3.05) is 7.11 Å². The number of ether oxygens (including phenoxy) is 4. The Hall–Kier alpha value is -4.25. The summed E-state index contributed by atoms with van der Waals surface area (Å²) in [7, 11) is 1.38. The first-order valence-corrected chi connectivity index (χ1v) is 11.0. The SMILES string of the molecule is COC(=O)c1c(C)cccc1COc1cccc(OCc2cccc(Oc3ccccc3)c2)c1. The van der Waals surface area contributed by atoms with E-state index in [-0.39, 0.29) is 12.6 Å². The lowest BCUT2D eigenvalue weighted by Gasteiger charge is -2.13. The van der Waals surface area contributed by atoms with Crippen LogP contribution in [0.2, 0.25) is 0 Å². The van der Waals surface area contributed by atoms with Crippen LogP contribution in [0.1, 0.15) is 27.0 Å². The summed E-state index contributed by atoms with van der Waals surface area (Å²) < 4.78 is 22.8. The molecule has 4 rings (SSSR count). The Kier molecular flexibility index (Phi) is 7.45. The second-order valence-electron chi connectivity index (χ2n) is 7.72. The van der Waals surface area contributed by atoms with Crippen molar-refractivity contribution in [3.63, 3.8) is 0 Å². The summed E-state index contributed by atoms with van der Waals surface area (Å²) in [5, 5.41) is 0. The smallest absolute Gasteiger partial charge is 0.338 e. The van der Waals surface area contributed by atoms with Gasteiger partial charge >= 0.3 is 5.97 Å². The molecule has 4 aromatic carbocycles. The number of hydrogen-bond acceptors (Lipinski definition) is 5. The number of benzene rings is 4. The van der Waals surface area contributed by atoms with E-state index in [1.54, 1.807) is 0 Å². The van der Waals surface area contributed by atoms with Gasteiger partial charge in [0.05, 0.1) is 12.7 Å². The lowest BCUT2D eigenvalue weighted by molar-refractivity contribution is 0.0597. The van der Waals surface area contributed by atoms with Crippen molar-refractivity contribution in [3.05, 3.63) is 119 Å². The van der Waals surface area contributed by atoms with Gasteiger partial charge in [0.25, 0.3) is 0 Å². The van der Waals surface area contributed by atoms with E-state index in [1.807, 2.05) is 104 Å². The summed E-state index contributed by atoms with van der Waals surface area (Å²) in [6.07, 6.45) is 0. The maximum atomic E-state index is 12.2. The average molecular weight is 455 g/mol. The molecule has 0 aromatic heterocycles. The number of rotatable bonds is 9. The average Bonchev–Trinajstić information content (AvgIpc) is 2.87. The highest BCUT2D eigenvalue weighted by molar-refractivity contribution is 5.92. The van der Waals surface area contributed by atoms with Crippen LogP contribution in [0.25, 0.3) is 0 Å². The minimum absolute atomic E-state index is 0.244. The van der Waals surface area contributed by atoms with E-state index in [0.717, 1.165) is 28.2 Å². The first-order valence-electron chi connectivity index (χ1n) is 11.0. The van der Waals surface area contributed by atoms with Crippen LogP contribution in [-0.4, -0.2) is 13.1 Å². The zero-order valence-electron chi connectivity index (χ0n) is 19.2. The molecule has 0 heterocycles. The van der Waals surface area contributed by atoms with Crippen molar-refractivity contribution < 1.29 is 23.7 Å². The Balaban J connectivity index is 1.38. The van der Waals surface area contributed by atoms with Crippen molar-refractivity contribution in [1.29, 1.82) is 0 Å². The van der Waals surface area contributed by atoms with Gasteiger partial charge in [-0.15, -0.1) is 0 Å². The predicted molar refractivity (Wildman–Crippen MR) is 131 cm³/mol. The Bertz CT molecular complexity index is 1250. The highest BCUT2D eigenvalue weighted by atomic mass is 16.5. The lowest BCUT2D eigenvalue weighted by Crippen LogP contribution is -2.10. The van der Waals surface area contributed by atoms with Crippen LogP contribution in [0.5, 0.6) is 23.0 Å². The van der Waals surface area contributed by atoms with Gasteiger partial charge in [-0.3, -0.25) is 0 Å². The molecule has 0 unspecified atom stereocenters. The minimum atomic E-state index is -0.368. The fraction of sp³-hybridized carbons (Fsp3) is 0.138. The maximum absolute atomic E-state index is 12.2. The monoisotopic (exact) mass is 454 g/mol. The van der Waals surface area contributed by atoms with E-state index in [1.165, 1.54) is 7.11 Å². The molecule has 0 aliphatic rings. The summed E-state index contributed by atoms with van der Waals surface area (Å²) in [6, 6.07) is 30.5. The van der Waals surface area contributed by atoms with Crippen LogP contribution in [0, 0.1) is 6.92 Å². The second kappa shape index (κ2) is 11.1. The Morgan fingerprint density at radius 3 is 2.09 bits per heavy atom. The van der Waals surface area contributed by atoms with Gasteiger partial charge < -0.3 is 18.9 Å². The van der Waals surface area contributed by atoms with Crippen LogP contribution in [-0.2, 0) is 18.0 Å². The van der Waals surface area contributed by atoms with E-state index in [2.05, 4.69) is 0 Å². The Morgan fingerprint density at radius 2 is 1.32 bits per heavy atom. The molecule has 0 aliphatic heterocycles.